The summed E-state index contributed by atoms with van der Waals surface area (Å²) in [5, 5.41) is 0. The molecule has 0 atom stereocenters. The van der Waals surface area contributed by atoms with Crippen LogP contribution >= 0.6 is 0 Å². The Morgan fingerprint density at radius 2 is 0.745 bits per heavy atom. The van der Waals surface area contributed by atoms with E-state index in [9.17, 15) is 92.2 Å². The van der Waals surface area contributed by atoms with E-state index in [0.29, 0.717) is 17.3 Å². The van der Waals surface area contributed by atoms with Gasteiger partial charge in [-0.3, -0.25) is 4.99 Å². The first kappa shape index (κ1) is 39.8. The molecule has 0 aromatic heterocycles. The minimum absolute atomic E-state index is 0.0207. The van der Waals surface area contributed by atoms with E-state index in [0.717, 1.165) is 0 Å². The van der Waals surface area contributed by atoms with Crippen LogP contribution in [0.2, 0.25) is 0 Å². The van der Waals surface area contributed by atoms with Gasteiger partial charge in [-0.05, 0) is 16.7 Å². The van der Waals surface area contributed by atoms with E-state index in [-0.39, 0.29) is 5.56 Å². The SMILES string of the molecule is FC(F)(F)C(F)(F)C(F)(F)C(F)(F)C(F)(F)C(F)(F)C(F)(F)C(F)(F)C(F)(F)C(F)(F)CCN=Cc1ccc(-c2ccccc2)cc1. The van der Waals surface area contributed by atoms with E-state index in [1.165, 1.54) is 24.3 Å². The van der Waals surface area contributed by atoms with Crippen LogP contribution in [0.3, 0.4) is 0 Å². The molecular formula is C25H14F21N. The molecule has 266 valence electrons. The fourth-order valence-corrected chi connectivity index (χ4v) is 3.51. The monoisotopic (exact) mass is 727 g/mol. The van der Waals surface area contributed by atoms with Gasteiger partial charge in [0, 0.05) is 19.2 Å². The van der Waals surface area contributed by atoms with Crippen molar-refractivity contribution in [3.63, 3.8) is 0 Å². The molecule has 0 saturated carbocycles. The molecule has 0 fully saturated rings. The van der Waals surface area contributed by atoms with Crippen LogP contribution in [0, 0.1) is 0 Å². The van der Waals surface area contributed by atoms with Crippen molar-refractivity contribution < 1.29 is 92.2 Å². The molecule has 0 N–H and O–H groups in total. The van der Waals surface area contributed by atoms with Crippen molar-refractivity contribution in [2.45, 2.75) is 65.9 Å². The molecule has 0 amide bonds. The molecule has 2 aromatic rings. The van der Waals surface area contributed by atoms with E-state index >= 15 is 0 Å². The maximum Gasteiger partial charge on any atom is 0.460 e. The van der Waals surface area contributed by atoms with Gasteiger partial charge < -0.3 is 0 Å². The van der Waals surface area contributed by atoms with Crippen molar-refractivity contribution in [2.75, 3.05) is 6.54 Å². The molecule has 0 radical (unpaired) electrons. The predicted molar refractivity (Wildman–Crippen MR) is 120 cm³/mol. The molecule has 2 rings (SSSR count). The van der Waals surface area contributed by atoms with Crippen molar-refractivity contribution in [1.82, 2.24) is 0 Å². The Hall–Kier alpha value is -3.36. The molecule has 1 nitrogen and oxygen atoms in total. The molecule has 0 saturated heterocycles. The normalized spacial score (nSPS) is 15.4. The van der Waals surface area contributed by atoms with Crippen molar-refractivity contribution in [3.05, 3.63) is 60.2 Å². The third kappa shape index (κ3) is 6.08. The van der Waals surface area contributed by atoms with Gasteiger partial charge in [0.2, 0.25) is 0 Å². The zero-order valence-corrected chi connectivity index (χ0v) is 22.1. The summed E-state index contributed by atoms with van der Waals surface area (Å²) >= 11 is 0. The van der Waals surface area contributed by atoms with Gasteiger partial charge in [-0.1, -0.05) is 54.6 Å². The second-order valence-electron chi connectivity index (χ2n) is 9.57. The maximum atomic E-state index is 14.0. The standard InChI is InChI=1S/C25H14F21N/c26-16(27,10-11-47-12-13-6-8-15(9-7-13)14-4-2-1-3-5-14)17(28,29)18(30,31)19(32,33)20(34,35)21(36,37)22(38,39)23(40,41)24(42,43)25(44,45)46/h1-9,12H,10-11H2. The fraction of sp³-hybridized carbons (Fsp3) is 0.480. The molecule has 0 aliphatic carbocycles. The lowest BCUT2D eigenvalue weighted by Gasteiger charge is -2.44. The van der Waals surface area contributed by atoms with E-state index in [1.54, 1.807) is 30.3 Å². The quantitative estimate of drug-likeness (QED) is 0.144. The lowest BCUT2D eigenvalue weighted by atomic mass is 9.86. The Morgan fingerprint density at radius 3 is 1.13 bits per heavy atom. The van der Waals surface area contributed by atoms with Crippen LogP contribution in [0.25, 0.3) is 11.1 Å². The largest absolute Gasteiger partial charge is 0.460 e. The van der Waals surface area contributed by atoms with E-state index < -0.39 is 72.4 Å². The van der Waals surface area contributed by atoms with Crippen molar-refractivity contribution in [1.29, 1.82) is 0 Å². The van der Waals surface area contributed by atoms with E-state index in [2.05, 4.69) is 4.99 Å². The number of nitrogens with zero attached hydrogens (tertiary/aromatic N) is 1. The van der Waals surface area contributed by atoms with Crippen molar-refractivity contribution in [2.24, 2.45) is 4.99 Å². The van der Waals surface area contributed by atoms with Gasteiger partial charge in [0.15, 0.2) is 0 Å². The topological polar surface area (TPSA) is 12.4 Å². The first-order valence-electron chi connectivity index (χ1n) is 11.9. The lowest BCUT2D eigenvalue weighted by molar-refractivity contribution is -0.474. The molecule has 0 aliphatic heterocycles. The highest BCUT2D eigenvalue weighted by molar-refractivity contribution is 5.81. The van der Waals surface area contributed by atoms with Crippen LogP contribution in [-0.2, 0) is 0 Å². The number of halogens is 21. The summed E-state index contributed by atoms with van der Waals surface area (Å²) < 4.78 is 282. The molecular weight excluding hydrogens is 713 g/mol. The van der Waals surface area contributed by atoms with Gasteiger partial charge in [0.25, 0.3) is 0 Å². The smallest absolute Gasteiger partial charge is 0.292 e. The van der Waals surface area contributed by atoms with Crippen LogP contribution in [-0.4, -0.2) is 72.2 Å². The Balaban J connectivity index is 2.37. The fourth-order valence-electron chi connectivity index (χ4n) is 3.51. The second kappa shape index (κ2) is 12.0. The minimum atomic E-state index is -9.18. The molecule has 0 spiro atoms. The summed E-state index contributed by atoms with van der Waals surface area (Å²) in [6.07, 6.45) is -10.2. The first-order chi connectivity index (χ1) is 20.8. The molecule has 0 bridgehead atoms. The number of alkyl halides is 21. The minimum Gasteiger partial charge on any atom is -0.292 e. The summed E-state index contributed by atoms with van der Waals surface area (Å²) in [5.41, 5.74) is 1.28. The van der Waals surface area contributed by atoms with Gasteiger partial charge in [-0.15, -0.1) is 0 Å². The van der Waals surface area contributed by atoms with Crippen LogP contribution in [0.15, 0.2) is 59.6 Å². The molecule has 0 heterocycles. The highest BCUT2D eigenvalue weighted by atomic mass is 19.4. The van der Waals surface area contributed by atoms with Gasteiger partial charge in [0.05, 0.1) is 0 Å². The Kier molecular flexibility index (Phi) is 10.1. The molecule has 47 heavy (non-hydrogen) atoms. The number of hydrogen-bond donors (Lipinski definition) is 0. The van der Waals surface area contributed by atoms with Crippen LogP contribution in [0.1, 0.15) is 12.0 Å². The Morgan fingerprint density at radius 1 is 0.404 bits per heavy atom. The molecule has 0 unspecified atom stereocenters. The third-order valence-corrected chi connectivity index (χ3v) is 6.39. The third-order valence-electron chi connectivity index (χ3n) is 6.39. The average Bonchev–Trinajstić information content (AvgIpc) is 2.94. The molecule has 22 heteroatoms. The zero-order valence-electron chi connectivity index (χ0n) is 22.1. The van der Waals surface area contributed by atoms with E-state index in [1.807, 2.05) is 0 Å². The van der Waals surface area contributed by atoms with Crippen LogP contribution in [0.5, 0.6) is 0 Å². The summed E-state index contributed by atoms with van der Waals surface area (Å²) in [7, 11) is 0. The van der Waals surface area contributed by atoms with Crippen LogP contribution < -0.4 is 0 Å². The molecule has 0 aliphatic rings. The number of hydrogen-bond acceptors (Lipinski definition) is 1. The summed E-state index contributed by atoms with van der Waals surface area (Å²) in [4.78, 5) is 3.09. The number of rotatable bonds is 13. The number of benzene rings is 2. The van der Waals surface area contributed by atoms with Gasteiger partial charge in [-0.25, -0.2) is 0 Å². The summed E-state index contributed by atoms with van der Waals surface area (Å²) in [6.45, 7) is -1.73. The zero-order chi connectivity index (χ0) is 36.9. The highest BCUT2D eigenvalue weighted by Crippen LogP contribution is 2.66. The van der Waals surface area contributed by atoms with Crippen molar-refractivity contribution in [3.8, 4) is 11.1 Å². The van der Waals surface area contributed by atoms with Crippen LogP contribution in [0.4, 0.5) is 92.2 Å². The van der Waals surface area contributed by atoms with Gasteiger partial charge in [-0.2, -0.15) is 92.2 Å². The summed E-state index contributed by atoms with van der Waals surface area (Å²) in [6, 6.07) is 13.6. The van der Waals surface area contributed by atoms with E-state index in [4.69, 9.17) is 0 Å². The highest BCUT2D eigenvalue weighted by Gasteiger charge is 2.97. The Bertz CT molecular complexity index is 1390. The first-order valence-corrected chi connectivity index (χ1v) is 11.9. The van der Waals surface area contributed by atoms with Gasteiger partial charge >= 0.3 is 59.5 Å². The molecule has 2 aromatic carbocycles. The van der Waals surface area contributed by atoms with Gasteiger partial charge in [0.1, 0.15) is 0 Å². The average molecular weight is 727 g/mol. The lowest BCUT2D eigenvalue weighted by Crippen LogP contribution is -2.76. The second-order valence-corrected chi connectivity index (χ2v) is 9.57. The Labute approximate surface area is 248 Å². The predicted octanol–water partition coefficient (Wildman–Crippen LogP) is 10.4. The number of aliphatic imine (C=N–C) groups is 1. The summed E-state index contributed by atoms with van der Waals surface area (Å²) in [5.74, 6) is -77.0. The van der Waals surface area contributed by atoms with Crippen molar-refractivity contribution >= 4 is 6.21 Å². The maximum absolute atomic E-state index is 14.0.